The third kappa shape index (κ3) is 6.58. The Bertz CT molecular complexity index is 402. The largest absolute Gasteiger partial charge is 0.357 e. The van der Waals surface area contributed by atoms with Crippen LogP contribution in [0.3, 0.4) is 0 Å². The number of thioether (sulfide) groups is 1. The minimum atomic E-state index is 0.359. The number of aliphatic imine (C=N–C) groups is 1. The standard InChI is InChI=1S/C16H30N4S2/c1-5-17-16(18-9-11-21-4)19-12-15(20(6-2)7-3)14-8-10-22-13-14/h8,10,13,15H,5-7,9,11-12H2,1-4H3,(H2,17,18,19). The Morgan fingerprint density at radius 3 is 2.64 bits per heavy atom. The maximum absolute atomic E-state index is 4.81. The summed E-state index contributed by atoms with van der Waals surface area (Å²) in [6.07, 6.45) is 2.12. The van der Waals surface area contributed by atoms with Gasteiger partial charge in [0.15, 0.2) is 5.96 Å². The first-order valence-corrected chi connectivity index (χ1v) is 10.4. The molecule has 0 aliphatic heterocycles. The monoisotopic (exact) mass is 342 g/mol. The van der Waals surface area contributed by atoms with E-state index in [-0.39, 0.29) is 0 Å². The Labute approximate surface area is 143 Å². The van der Waals surface area contributed by atoms with Gasteiger partial charge in [0.05, 0.1) is 12.6 Å². The number of thiophene rings is 1. The van der Waals surface area contributed by atoms with Gasteiger partial charge in [-0.05, 0) is 48.7 Å². The predicted octanol–water partition coefficient (Wildman–Crippen LogP) is 3.05. The first-order chi connectivity index (χ1) is 10.8. The fourth-order valence-corrected chi connectivity index (χ4v) is 3.36. The van der Waals surface area contributed by atoms with Gasteiger partial charge >= 0.3 is 0 Å². The number of hydrogen-bond acceptors (Lipinski definition) is 4. The third-order valence-electron chi connectivity index (χ3n) is 3.55. The summed E-state index contributed by atoms with van der Waals surface area (Å²) in [5.74, 6) is 2.01. The van der Waals surface area contributed by atoms with Crippen molar-refractivity contribution in [1.82, 2.24) is 15.5 Å². The summed E-state index contributed by atoms with van der Waals surface area (Å²) in [6.45, 7) is 11.2. The summed E-state index contributed by atoms with van der Waals surface area (Å²) >= 11 is 3.60. The number of nitrogens with zero attached hydrogens (tertiary/aromatic N) is 2. The molecule has 2 N–H and O–H groups in total. The molecule has 1 aromatic rings. The Balaban J connectivity index is 2.75. The maximum Gasteiger partial charge on any atom is 0.191 e. The number of guanidine groups is 1. The molecule has 1 atom stereocenters. The Morgan fingerprint density at radius 2 is 2.09 bits per heavy atom. The van der Waals surface area contributed by atoms with Crippen LogP contribution in [0.4, 0.5) is 0 Å². The van der Waals surface area contributed by atoms with Crippen LogP contribution in [0.15, 0.2) is 21.8 Å². The van der Waals surface area contributed by atoms with Gasteiger partial charge in [0.1, 0.15) is 0 Å². The van der Waals surface area contributed by atoms with Crippen LogP contribution in [-0.2, 0) is 0 Å². The highest BCUT2D eigenvalue weighted by atomic mass is 32.2. The molecule has 0 saturated heterocycles. The molecule has 0 saturated carbocycles. The van der Waals surface area contributed by atoms with Gasteiger partial charge in [0.25, 0.3) is 0 Å². The summed E-state index contributed by atoms with van der Waals surface area (Å²) in [5, 5.41) is 11.1. The molecule has 22 heavy (non-hydrogen) atoms. The molecule has 6 heteroatoms. The number of rotatable bonds is 10. The van der Waals surface area contributed by atoms with Crippen molar-refractivity contribution in [3.63, 3.8) is 0 Å². The Morgan fingerprint density at radius 1 is 1.32 bits per heavy atom. The van der Waals surface area contributed by atoms with Crippen LogP contribution in [0.2, 0.25) is 0 Å². The quantitative estimate of drug-likeness (QED) is 0.389. The van der Waals surface area contributed by atoms with Gasteiger partial charge in [-0.1, -0.05) is 13.8 Å². The van der Waals surface area contributed by atoms with Crippen LogP contribution in [0.5, 0.6) is 0 Å². The van der Waals surface area contributed by atoms with E-state index >= 15 is 0 Å². The van der Waals surface area contributed by atoms with E-state index in [0.717, 1.165) is 44.4 Å². The molecule has 1 unspecified atom stereocenters. The molecule has 0 aromatic carbocycles. The van der Waals surface area contributed by atoms with Gasteiger partial charge in [-0.25, -0.2) is 0 Å². The summed E-state index contributed by atoms with van der Waals surface area (Å²) in [5.41, 5.74) is 1.37. The molecule has 1 rings (SSSR count). The predicted molar refractivity (Wildman–Crippen MR) is 102 cm³/mol. The Kier molecular flexibility index (Phi) is 10.4. The van der Waals surface area contributed by atoms with Crippen LogP contribution in [0.1, 0.15) is 32.4 Å². The molecule has 4 nitrogen and oxygen atoms in total. The van der Waals surface area contributed by atoms with Crippen molar-refractivity contribution in [2.75, 3.05) is 44.7 Å². The number of hydrogen-bond donors (Lipinski definition) is 2. The molecule has 0 aliphatic carbocycles. The van der Waals surface area contributed by atoms with Gasteiger partial charge < -0.3 is 10.6 Å². The lowest BCUT2D eigenvalue weighted by Gasteiger charge is -2.28. The fourth-order valence-electron chi connectivity index (χ4n) is 2.35. The minimum absolute atomic E-state index is 0.359. The van der Waals surface area contributed by atoms with Crippen LogP contribution in [-0.4, -0.2) is 55.6 Å². The normalized spacial score (nSPS) is 13.4. The summed E-state index contributed by atoms with van der Waals surface area (Å²) in [6, 6.07) is 2.58. The Hall–Kier alpha value is -0.720. The summed E-state index contributed by atoms with van der Waals surface area (Å²) < 4.78 is 0. The second-order valence-electron chi connectivity index (χ2n) is 4.93. The molecule has 0 aliphatic rings. The molecule has 0 spiro atoms. The fraction of sp³-hybridized carbons (Fsp3) is 0.688. The molecule has 1 heterocycles. The topological polar surface area (TPSA) is 39.7 Å². The molecule has 0 radical (unpaired) electrons. The van der Waals surface area contributed by atoms with Crippen molar-refractivity contribution in [3.05, 3.63) is 22.4 Å². The molecule has 1 aromatic heterocycles. The van der Waals surface area contributed by atoms with Crippen molar-refractivity contribution in [2.45, 2.75) is 26.8 Å². The van der Waals surface area contributed by atoms with Crippen LogP contribution < -0.4 is 10.6 Å². The molecule has 0 amide bonds. The van der Waals surface area contributed by atoms with Crippen LogP contribution in [0, 0.1) is 0 Å². The lowest BCUT2D eigenvalue weighted by molar-refractivity contribution is 0.224. The van der Waals surface area contributed by atoms with Crippen LogP contribution >= 0.6 is 23.1 Å². The van der Waals surface area contributed by atoms with E-state index < -0.39 is 0 Å². The van der Waals surface area contributed by atoms with Crippen molar-refractivity contribution in [1.29, 1.82) is 0 Å². The van der Waals surface area contributed by atoms with E-state index in [1.54, 1.807) is 11.3 Å². The average Bonchev–Trinajstić information content (AvgIpc) is 3.05. The van der Waals surface area contributed by atoms with E-state index in [1.165, 1.54) is 5.56 Å². The first kappa shape index (κ1) is 19.3. The number of nitrogens with one attached hydrogen (secondary N) is 2. The smallest absolute Gasteiger partial charge is 0.191 e. The second kappa shape index (κ2) is 11.8. The molecule has 126 valence electrons. The third-order valence-corrected chi connectivity index (χ3v) is 4.86. The minimum Gasteiger partial charge on any atom is -0.357 e. The highest BCUT2D eigenvalue weighted by molar-refractivity contribution is 7.98. The van der Waals surface area contributed by atoms with E-state index in [4.69, 9.17) is 4.99 Å². The highest BCUT2D eigenvalue weighted by Gasteiger charge is 2.18. The molecule has 0 fully saturated rings. The lowest BCUT2D eigenvalue weighted by Crippen LogP contribution is -2.39. The average molecular weight is 343 g/mol. The highest BCUT2D eigenvalue weighted by Crippen LogP contribution is 2.23. The zero-order chi connectivity index (χ0) is 16.2. The van der Waals surface area contributed by atoms with Gasteiger partial charge in [0, 0.05) is 18.8 Å². The van der Waals surface area contributed by atoms with E-state index in [9.17, 15) is 0 Å². The lowest BCUT2D eigenvalue weighted by atomic mass is 10.1. The van der Waals surface area contributed by atoms with Crippen LogP contribution in [0.25, 0.3) is 0 Å². The first-order valence-electron chi connectivity index (χ1n) is 8.03. The molecule has 0 bridgehead atoms. The van der Waals surface area contributed by atoms with Gasteiger partial charge in [-0.2, -0.15) is 23.1 Å². The second-order valence-corrected chi connectivity index (χ2v) is 6.70. The molecular weight excluding hydrogens is 312 g/mol. The zero-order valence-corrected chi connectivity index (χ0v) is 15.9. The number of likely N-dealkylation sites (N-methyl/N-ethyl adjacent to an activating group) is 1. The summed E-state index contributed by atoms with van der Waals surface area (Å²) in [4.78, 5) is 7.28. The van der Waals surface area contributed by atoms with Crippen molar-refractivity contribution >= 4 is 29.1 Å². The van der Waals surface area contributed by atoms with E-state index in [2.05, 4.69) is 59.4 Å². The molecular formula is C16H30N4S2. The van der Waals surface area contributed by atoms with E-state index in [0.29, 0.717) is 6.04 Å². The van der Waals surface area contributed by atoms with Crippen molar-refractivity contribution < 1.29 is 0 Å². The van der Waals surface area contributed by atoms with Crippen molar-refractivity contribution in [3.8, 4) is 0 Å². The van der Waals surface area contributed by atoms with E-state index in [1.807, 2.05) is 11.8 Å². The van der Waals surface area contributed by atoms with Gasteiger partial charge in [0.2, 0.25) is 0 Å². The zero-order valence-electron chi connectivity index (χ0n) is 14.3. The maximum atomic E-state index is 4.81. The van der Waals surface area contributed by atoms with Crippen molar-refractivity contribution in [2.24, 2.45) is 4.99 Å². The SMILES string of the molecule is CCNC(=NCC(c1ccsc1)N(CC)CC)NCCSC. The van der Waals surface area contributed by atoms with Gasteiger partial charge in [-0.15, -0.1) is 0 Å². The summed E-state index contributed by atoms with van der Waals surface area (Å²) in [7, 11) is 0. The van der Waals surface area contributed by atoms with Gasteiger partial charge in [-0.3, -0.25) is 9.89 Å².